The number of hydrogen-bond acceptors (Lipinski definition) is 9. The molecule has 3 atom stereocenters. The van der Waals surface area contributed by atoms with Gasteiger partial charge < -0.3 is 30.7 Å². The van der Waals surface area contributed by atoms with E-state index in [9.17, 15) is 29.1 Å². The Morgan fingerprint density at radius 3 is 2.53 bits per heavy atom. The number of aliphatic carboxylic acids is 2. The highest BCUT2D eigenvalue weighted by Gasteiger charge is 2.67. The minimum atomic E-state index is -1.83. The second-order valence-corrected chi connectivity index (χ2v) is 9.34. The highest BCUT2D eigenvalue weighted by atomic mass is 32.2. The molecule has 1 aromatic carbocycles. The summed E-state index contributed by atoms with van der Waals surface area (Å²) in [6, 6.07) is 7.81. The Hall–Kier alpha value is -3.42. The molecule has 1 aromatic rings. The number of carboxylic acids is 2. The van der Waals surface area contributed by atoms with Crippen LogP contribution in [0.4, 0.5) is 0 Å². The number of nitrogens with two attached hydrogens (primary N) is 1. The van der Waals surface area contributed by atoms with Crippen LogP contribution in [0.1, 0.15) is 31.7 Å². The van der Waals surface area contributed by atoms with Crippen LogP contribution in [0, 0.1) is 0 Å². The number of esters is 1. The van der Waals surface area contributed by atoms with Gasteiger partial charge in [-0.2, -0.15) is 0 Å². The molecule has 1 fully saturated rings. The second-order valence-electron chi connectivity index (χ2n) is 8.27. The lowest BCUT2D eigenvalue weighted by Crippen LogP contribution is -2.81. The van der Waals surface area contributed by atoms with Gasteiger partial charge in [0, 0.05) is 24.7 Å². The van der Waals surface area contributed by atoms with E-state index in [-0.39, 0.29) is 49.5 Å². The number of carbonyl (C=O) groups excluding carboxylic acids is 3. The van der Waals surface area contributed by atoms with Crippen LogP contribution in [0.15, 0.2) is 41.6 Å². The summed E-state index contributed by atoms with van der Waals surface area (Å²) in [5, 5.41) is 20.4. The molecule has 2 aliphatic heterocycles. The predicted molar refractivity (Wildman–Crippen MR) is 126 cm³/mol. The van der Waals surface area contributed by atoms with Crippen LogP contribution in [-0.4, -0.2) is 74.3 Å². The first-order valence-electron chi connectivity index (χ1n) is 11.1. The summed E-state index contributed by atoms with van der Waals surface area (Å²) in [4.78, 5) is 61.3. The molecule has 0 radical (unpaired) electrons. The third-order valence-electron chi connectivity index (χ3n) is 5.63. The van der Waals surface area contributed by atoms with Gasteiger partial charge in [-0.25, -0.2) is 4.79 Å². The van der Waals surface area contributed by atoms with Crippen molar-refractivity contribution in [3.05, 3.63) is 47.2 Å². The van der Waals surface area contributed by atoms with Crippen LogP contribution < -0.4 is 11.1 Å². The Labute approximate surface area is 210 Å². The fourth-order valence-electron chi connectivity index (χ4n) is 3.82. The third kappa shape index (κ3) is 5.86. The highest BCUT2D eigenvalue weighted by Crippen LogP contribution is 2.47. The zero-order chi connectivity index (χ0) is 26.5. The maximum absolute atomic E-state index is 13.4. The topological polar surface area (TPSA) is 186 Å². The van der Waals surface area contributed by atoms with Gasteiger partial charge in [0.1, 0.15) is 23.7 Å². The zero-order valence-electron chi connectivity index (χ0n) is 19.5. The Bertz CT molecular complexity index is 1080. The fraction of sp³-hybridized carbons (Fsp3) is 0.435. The smallest absolute Gasteiger partial charge is 0.352 e. The molecular formula is C23H27N3O9S. The number of hydrogen-bond donors (Lipinski definition) is 4. The molecule has 2 heterocycles. The van der Waals surface area contributed by atoms with Crippen molar-refractivity contribution in [1.29, 1.82) is 0 Å². The molecule has 13 heteroatoms. The van der Waals surface area contributed by atoms with Gasteiger partial charge in [0.15, 0.2) is 0 Å². The van der Waals surface area contributed by atoms with Gasteiger partial charge >= 0.3 is 17.9 Å². The van der Waals surface area contributed by atoms with E-state index in [1.165, 1.54) is 18.7 Å². The minimum Gasteiger partial charge on any atom is -0.480 e. The highest BCUT2D eigenvalue weighted by molar-refractivity contribution is 8.00. The molecule has 12 nitrogen and oxygen atoms in total. The zero-order valence-corrected chi connectivity index (χ0v) is 20.3. The van der Waals surface area contributed by atoms with Crippen molar-refractivity contribution in [1.82, 2.24) is 10.2 Å². The number of rotatable bonds is 12. The lowest BCUT2D eigenvalue weighted by atomic mass is 9.97. The Morgan fingerprint density at radius 2 is 1.92 bits per heavy atom. The Kier molecular flexibility index (Phi) is 8.71. The van der Waals surface area contributed by atoms with Crippen molar-refractivity contribution < 1.29 is 43.7 Å². The van der Waals surface area contributed by atoms with Crippen LogP contribution in [-0.2, 0) is 40.1 Å². The molecule has 0 saturated carbocycles. The number of β-lactam (4-membered cyclic amide) rings is 1. The average Bonchev–Trinajstić information content (AvgIpc) is 2.84. The van der Waals surface area contributed by atoms with Gasteiger partial charge in [-0.3, -0.25) is 24.1 Å². The van der Waals surface area contributed by atoms with Crippen molar-refractivity contribution in [2.45, 2.75) is 49.9 Å². The first-order valence-corrected chi connectivity index (χ1v) is 12.1. The number of carboxylic acid groups (broad SMARTS) is 2. The van der Waals surface area contributed by atoms with Gasteiger partial charge in [0.2, 0.25) is 5.91 Å². The van der Waals surface area contributed by atoms with Crippen molar-refractivity contribution in [2.24, 2.45) is 5.73 Å². The molecule has 2 aliphatic rings. The average molecular weight is 522 g/mol. The summed E-state index contributed by atoms with van der Waals surface area (Å²) in [5.41, 5.74) is 4.31. The lowest BCUT2D eigenvalue weighted by Gasteiger charge is -2.56. The molecule has 2 amide bonds. The second kappa shape index (κ2) is 11.5. The number of thioether (sulfide) groups is 1. The first kappa shape index (κ1) is 27.2. The minimum absolute atomic E-state index is 0.0337. The van der Waals surface area contributed by atoms with E-state index in [0.29, 0.717) is 0 Å². The molecule has 0 aromatic heterocycles. The number of nitrogens with one attached hydrogen (secondary N) is 1. The van der Waals surface area contributed by atoms with Crippen molar-refractivity contribution in [2.75, 3.05) is 12.4 Å². The van der Waals surface area contributed by atoms with Crippen molar-refractivity contribution >= 4 is 41.5 Å². The van der Waals surface area contributed by atoms with Crippen LogP contribution in [0.3, 0.4) is 0 Å². The number of amides is 2. The summed E-state index contributed by atoms with van der Waals surface area (Å²) in [6.45, 7) is 0.873. The van der Waals surface area contributed by atoms with Crippen LogP contribution in [0.2, 0.25) is 0 Å². The van der Waals surface area contributed by atoms with E-state index < -0.39 is 46.9 Å². The van der Waals surface area contributed by atoms with E-state index in [0.717, 1.165) is 10.5 Å². The van der Waals surface area contributed by atoms with Crippen LogP contribution >= 0.6 is 11.8 Å². The standard InChI is InChI=1S/C23H27N3O9S/c1-13(27)34-11-15-12-36-22-23(21(33)26(22)18(15)20(31)32,35-10-14-6-3-2-4-7-14)25-17(28)9-5-8-16(24)19(29)30/h2-4,6-7,16,22H,5,8-12,24H2,1H3,(H,25,28)(H,29,30)(H,31,32)/t16?,22-,23-/m1/s1. The summed E-state index contributed by atoms with van der Waals surface area (Å²) in [7, 11) is 0. The summed E-state index contributed by atoms with van der Waals surface area (Å²) in [5.74, 6) is -4.36. The predicted octanol–water partition coefficient (Wildman–Crippen LogP) is 0.415. The Morgan fingerprint density at radius 1 is 1.22 bits per heavy atom. The van der Waals surface area contributed by atoms with Gasteiger partial charge in [-0.15, -0.1) is 11.8 Å². The van der Waals surface area contributed by atoms with Gasteiger partial charge in [-0.05, 0) is 18.4 Å². The molecule has 3 rings (SSSR count). The van der Waals surface area contributed by atoms with Gasteiger partial charge in [0.25, 0.3) is 11.6 Å². The van der Waals surface area contributed by atoms with Crippen LogP contribution in [0.25, 0.3) is 0 Å². The van der Waals surface area contributed by atoms with Crippen LogP contribution in [0.5, 0.6) is 0 Å². The van der Waals surface area contributed by atoms with E-state index in [4.69, 9.17) is 20.3 Å². The normalized spacial score (nSPS) is 21.8. The molecule has 194 valence electrons. The number of nitrogens with zero attached hydrogens (tertiary/aromatic N) is 1. The molecular weight excluding hydrogens is 494 g/mol. The maximum atomic E-state index is 13.4. The molecule has 36 heavy (non-hydrogen) atoms. The van der Waals surface area contributed by atoms with Crippen molar-refractivity contribution in [3.63, 3.8) is 0 Å². The van der Waals surface area contributed by atoms with E-state index >= 15 is 0 Å². The third-order valence-corrected chi connectivity index (χ3v) is 7.01. The maximum Gasteiger partial charge on any atom is 0.352 e. The SMILES string of the molecule is CC(=O)OCC1=C(C(=O)O)N2C(=O)[C@@](NC(=O)CCCC(N)C(=O)O)(OCc3ccccc3)[C@H]2SC1. The van der Waals surface area contributed by atoms with E-state index in [2.05, 4.69) is 5.32 Å². The summed E-state index contributed by atoms with van der Waals surface area (Å²) >= 11 is 1.17. The quantitative estimate of drug-likeness (QED) is 0.170. The van der Waals surface area contributed by atoms with Gasteiger partial charge in [0.05, 0.1) is 6.61 Å². The number of benzene rings is 1. The van der Waals surface area contributed by atoms with E-state index in [1.807, 2.05) is 6.07 Å². The molecule has 0 spiro atoms. The molecule has 1 saturated heterocycles. The monoisotopic (exact) mass is 521 g/mol. The largest absolute Gasteiger partial charge is 0.480 e. The Balaban J connectivity index is 1.82. The molecule has 0 bridgehead atoms. The summed E-state index contributed by atoms with van der Waals surface area (Å²) < 4.78 is 10.9. The summed E-state index contributed by atoms with van der Waals surface area (Å²) in [6.07, 6.45) is 0.113. The molecule has 5 N–H and O–H groups in total. The number of fused-ring (bicyclic) bond motifs is 1. The number of ether oxygens (including phenoxy) is 2. The molecule has 1 unspecified atom stereocenters. The number of carbonyl (C=O) groups is 5. The van der Waals surface area contributed by atoms with Crippen molar-refractivity contribution in [3.8, 4) is 0 Å². The lowest BCUT2D eigenvalue weighted by molar-refractivity contribution is -0.201. The molecule has 0 aliphatic carbocycles. The first-order chi connectivity index (χ1) is 17.1. The van der Waals surface area contributed by atoms with E-state index in [1.54, 1.807) is 24.3 Å². The fourth-order valence-corrected chi connectivity index (χ4v) is 5.21. The van der Waals surface area contributed by atoms with Gasteiger partial charge in [-0.1, -0.05) is 30.3 Å².